The van der Waals surface area contributed by atoms with E-state index in [4.69, 9.17) is 4.74 Å². The van der Waals surface area contributed by atoms with Gasteiger partial charge >= 0.3 is 5.97 Å². The molecule has 1 aromatic rings. The van der Waals surface area contributed by atoms with Crippen LogP contribution in [0.5, 0.6) is 0 Å². The predicted octanol–water partition coefficient (Wildman–Crippen LogP) is 9.25. The van der Waals surface area contributed by atoms with E-state index in [-0.39, 0.29) is 12.1 Å². The summed E-state index contributed by atoms with van der Waals surface area (Å²) in [5, 5.41) is 0. The first-order valence-electron chi connectivity index (χ1n) is 15.0. The number of rotatable bonds is 5. The molecule has 1 aromatic carbocycles. The van der Waals surface area contributed by atoms with Crippen LogP contribution < -0.4 is 0 Å². The Morgan fingerprint density at radius 3 is 2.50 bits per heavy atom. The number of carbonyl (C=O) groups is 1. The van der Waals surface area contributed by atoms with E-state index in [0.717, 1.165) is 42.4 Å². The Morgan fingerprint density at radius 2 is 1.78 bits per heavy atom. The summed E-state index contributed by atoms with van der Waals surface area (Å²) in [4.78, 5) is 12.7. The van der Waals surface area contributed by atoms with Crippen LogP contribution >= 0.6 is 0 Å². The van der Waals surface area contributed by atoms with E-state index in [1.165, 1.54) is 51.4 Å². The van der Waals surface area contributed by atoms with Crippen molar-refractivity contribution in [2.24, 2.45) is 45.8 Å². The van der Waals surface area contributed by atoms with Crippen molar-refractivity contribution in [3.63, 3.8) is 0 Å². The van der Waals surface area contributed by atoms with E-state index in [0.29, 0.717) is 21.8 Å². The normalized spacial score (nSPS) is 38.8. The number of hydrogen-bond acceptors (Lipinski definition) is 2. The zero-order chi connectivity index (χ0) is 25.7. The van der Waals surface area contributed by atoms with Crippen LogP contribution in [0.4, 0.5) is 0 Å². The fraction of sp³-hybridized carbons (Fsp3) is 0.735. The van der Waals surface area contributed by atoms with Crippen molar-refractivity contribution >= 4 is 5.97 Å². The fourth-order valence-corrected chi connectivity index (χ4v) is 9.36. The highest BCUT2D eigenvalue weighted by Gasteiger charge is 2.59. The average molecular weight is 491 g/mol. The highest BCUT2D eigenvalue weighted by atomic mass is 16.5. The molecule has 8 atom stereocenters. The maximum Gasteiger partial charge on any atom is 0.338 e. The summed E-state index contributed by atoms with van der Waals surface area (Å²) in [6.45, 7) is 15.0. The molecule has 0 aromatic heterocycles. The monoisotopic (exact) mass is 490 g/mol. The maximum atomic E-state index is 12.7. The first-order chi connectivity index (χ1) is 17.0. The number of hydrogen-bond donors (Lipinski definition) is 0. The fourth-order valence-electron chi connectivity index (χ4n) is 9.36. The second-order valence-electron chi connectivity index (χ2n) is 14.7. The van der Waals surface area contributed by atoms with E-state index in [1.807, 2.05) is 30.3 Å². The van der Waals surface area contributed by atoms with Gasteiger partial charge in [-0.1, -0.05) is 71.4 Å². The van der Waals surface area contributed by atoms with E-state index in [1.54, 1.807) is 5.57 Å². The van der Waals surface area contributed by atoms with Crippen LogP contribution in [0.3, 0.4) is 0 Å². The number of benzene rings is 1. The lowest BCUT2D eigenvalue weighted by Crippen LogP contribution is -2.51. The predicted molar refractivity (Wildman–Crippen MR) is 149 cm³/mol. The van der Waals surface area contributed by atoms with Crippen molar-refractivity contribution in [2.45, 2.75) is 112 Å². The Hall–Kier alpha value is -1.57. The van der Waals surface area contributed by atoms with Crippen LogP contribution in [0.25, 0.3) is 0 Å². The van der Waals surface area contributed by atoms with Gasteiger partial charge in [0.05, 0.1) is 5.56 Å². The van der Waals surface area contributed by atoms with Gasteiger partial charge < -0.3 is 4.74 Å². The molecule has 0 radical (unpaired) electrons. The van der Waals surface area contributed by atoms with E-state index in [2.05, 4.69) is 47.6 Å². The molecule has 0 heterocycles. The first kappa shape index (κ1) is 26.1. The molecule has 0 saturated heterocycles. The van der Waals surface area contributed by atoms with Crippen LogP contribution in [-0.2, 0) is 4.74 Å². The molecular formula is C34H50O2. The summed E-state index contributed by atoms with van der Waals surface area (Å²) in [5.41, 5.74) is 3.54. The quantitative estimate of drug-likeness (QED) is 0.304. The van der Waals surface area contributed by atoms with E-state index >= 15 is 0 Å². The molecule has 4 aliphatic carbocycles. The molecule has 0 bridgehead atoms. The van der Waals surface area contributed by atoms with Crippen molar-refractivity contribution < 1.29 is 9.53 Å². The molecule has 0 aliphatic heterocycles. The largest absolute Gasteiger partial charge is 0.458 e. The molecule has 198 valence electrons. The lowest BCUT2D eigenvalue weighted by molar-refractivity contribution is -0.0597. The molecule has 2 heteroatoms. The molecule has 0 unspecified atom stereocenters. The van der Waals surface area contributed by atoms with Crippen LogP contribution in [0, 0.1) is 45.8 Å². The van der Waals surface area contributed by atoms with Gasteiger partial charge in [0.25, 0.3) is 0 Å². The van der Waals surface area contributed by atoms with Gasteiger partial charge in [-0.2, -0.15) is 0 Å². The molecule has 0 N–H and O–H groups in total. The van der Waals surface area contributed by atoms with Crippen molar-refractivity contribution in [3.8, 4) is 0 Å². The smallest absolute Gasteiger partial charge is 0.338 e. The third-order valence-corrected chi connectivity index (χ3v) is 11.5. The van der Waals surface area contributed by atoms with E-state index < -0.39 is 0 Å². The minimum atomic E-state index is -0.163. The highest BCUT2D eigenvalue weighted by Crippen LogP contribution is 2.67. The molecule has 36 heavy (non-hydrogen) atoms. The number of esters is 1. The van der Waals surface area contributed by atoms with E-state index in [9.17, 15) is 4.79 Å². The number of carbonyl (C=O) groups excluding carboxylic acids is 1. The highest BCUT2D eigenvalue weighted by molar-refractivity contribution is 5.89. The Labute approximate surface area is 220 Å². The Morgan fingerprint density at radius 1 is 1.03 bits per heavy atom. The first-order valence-corrected chi connectivity index (χ1v) is 15.0. The SMILES string of the molecule is C[C@H](CCC(C)(C)C)[C@H]1CC[C@H]2[C@@H]3CC=C4C[C@@H](OC(=O)c5ccccc5)CC[C@]4(C)[C@H]3CC[C@]12C. The Kier molecular flexibility index (Phi) is 6.97. The van der Waals surface area contributed by atoms with Gasteiger partial charge in [0.1, 0.15) is 6.10 Å². The second-order valence-corrected chi connectivity index (χ2v) is 14.7. The lowest BCUT2D eigenvalue weighted by Gasteiger charge is -2.58. The molecule has 2 nitrogen and oxygen atoms in total. The minimum absolute atomic E-state index is 0.0296. The van der Waals surface area contributed by atoms with Gasteiger partial charge in [-0.15, -0.1) is 0 Å². The van der Waals surface area contributed by atoms with Gasteiger partial charge in [0.15, 0.2) is 0 Å². The number of ether oxygens (including phenoxy) is 1. The van der Waals surface area contributed by atoms with Gasteiger partial charge in [0, 0.05) is 6.42 Å². The maximum absolute atomic E-state index is 12.7. The Balaban J connectivity index is 1.27. The minimum Gasteiger partial charge on any atom is -0.458 e. The average Bonchev–Trinajstić information content (AvgIpc) is 3.20. The van der Waals surface area contributed by atoms with Gasteiger partial charge in [-0.25, -0.2) is 4.79 Å². The van der Waals surface area contributed by atoms with Crippen LogP contribution in [-0.4, -0.2) is 12.1 Å². The summed E-state index contributed by atoms with van der Waals surface area (Å²) in [7, 11) is 0. The van der Waals surface area contributed by atoms with Crippen LogP contribution in [0.2, 0.25) is 0 Å². The van der Waals surface area contributed by atoms with Gasteiger partial charge in [-0.05, 0) is 116 Å². The third-order valence-electron chi connectivity index (χ3n) is 11.5. The van der Waals surface area contributed by atoms with Crippen molar-refractivity contribution in [2.75, 3.05) is 0 Å². The lowest BCUT2D eigenvalue weighted by atomic mass is 9.47. The standard InChI is InChI=1S/C34H50O2/c1-23(16-19-32(2,3)4)28-14-15-29-27-13-12-25-22-26(36-31(35)24-10-8-7-9-11-24)17-20-33(25,5)30(27)18-21-34(28,29)6/h7-12,23,26-30H,13-22H2,1-6H3/t23-,26+,27+,28-,29+,30+,33+,34-/m1/s1. The van der Waals surface area contributed by atoms with Gasteiger partial charge in [0.2, 0.25) is 0 Å². The summed E-state index contributed by atoms with van der Waals surface area (Å²) in [6.07, 6.45) is 15.4. The molecule has 0 amide bonds. The molecule has 3 saturated carbocycles. The molecule has 5 rings (SSSR count). The summed E-state index contributed by atoms with van der Waals surface area (Å²) >= 11 is 0. The van der Waals surface area contributed by atoms with Gasteiger partial charge in [-0.3, -0.25) is 0 Å². The third kappa shape index (κ3) is 4.71. The van der Waals surface area contributed by atoms with Crippen molar-refractivity contribution in [1.82, 2.24) is 0 Å². The molecule has 4 aliphatic rings. The summed E-state index contributed by atoms with van der Waals surface area (Å²) in [6, 6.07) is 9.48. The summed E-state index contributed by atoms with van der Waals surface area (Å²) in [5.74, 6) is 4.13. The molecule has 0 spiro atoms. The summed E-state index contributed by atoms with van der Waals surface area (Å²) < 4.78 is 6.00. The Bertz CT molecular complexity index is 971. The zero-order valence-corrected chi connectivity index (χ0v) is 23.8. The number of allylic oxidation sites excluding steroid dienone is 1. The van der Waals surface area contributed by atoms with Crippen LogP contribution in [0.15, 0.2) is 42.0 Å². The van der Waals surface area contributed by atoms with Crippen LogP contribution in [0.1, 0.15) is 116 Å². The molecule has 3 fully saturated rings. The zero-order valence-electron chi connectivity index (χ0n) is 23.8. The van der Waals surface area contributed by atoms with Crippen molar-refractivity contribution in [1.29, 1.82) is 0 Å². The topological polar surface area (TPSA) is 26.3 Å². The second kappa shape index (κ2) is 9.63. The number of fused-ring (bicyclic) bond motifs is 5. The van der Waals surface area contributed by atoms with Crippen molar-refractivity contribution in [3.05, 3.63) is 47.5 Å². The molecular weight excluding hydrogens is 440 g/mol.